The Morgan fingerprint density at radius 3 is 2.80 bits per heavy atom. The van der Waals surface area contributed by atoms with Crippen LogP contribution in [0.15, 0.2) is 22.0 Å². The Bertz CT molecular complexity index is 654. The number of rotatable bonds is 3. The van der Waals surface area contributed by atoms with Crippen LogP contribution in [0.2, 0.25) is 5.02 Å². The van der Waals surface area contributed by atoms with Crippen molar-refractivity contribution < 1.29 is 13.2 Å². The SMILES string of the molecule is CC1(C)CC(NS(=O)(=O)c2c[nH]c(=O)c(Cl)c2)CCO1. The summed E-state index contributed by atoms with van der Waals surface area (Å²) in [5.41, 5.74) is -0.869. The van der Waals surface area contributed by atoms with Gasteiger partial charge >= 0.3 is 0 Å². The lowest BCUT2D eigenvalue weighted by Crippen LogP contribution is -2.45. The summed E-state index contributed by atoms with van der Waals surface area (Å²) in [7, 11) is -3.71. The number of nitrogens with one attached hydrogen (secondary N) is 2. The molecule has 1 aliphatic rings. The van der Waals surface area contributed by atoms with Crippen molar-refractivity contribution >= 4 is 21.6 Å². The lowest BCUT2D eigenvalue weighted by atomic mass is 9.95. The minimum Gasteiger partial charge on any atom is -0.375 e. The highest BCUT2D eigenvalue weighted by Gasteiger charge is 2.31. The van der Waals surface area contributed by atoms with E-state index in [0.29, 0.717) is 19.4 Å². The van der Waals surface area contributed by atoms with E-state index in [-0.39, 0.29) is 21.6 Å². The van der Waals surface area contributed by atoms with Crippen LogP contribution in [0.5, 0.6) is 0 Å². The first-order chi connectivity index (χ1) is 9.20. The van der Waals surface area contributed by atoms with Gasteiger partial charge in [0.1, 0.15) is 5.02 Å². The minimum absolute atomic E-state index is 0.0496. The van der Waals surface area contributed by atoms with Crippen molar-refractivity contribution in [1.82, 2.24) is 9.71 Å². The molecular weight excluding hydrogens is 304 g/mol. The molecule has 0 spiro atoms. The summed E-state index contributed by atoms with van der Waals surface area (Å²) in [6.45, 7) is 4.35. The topological polar surface area (TPSA) is 88.3 Å². The quantitative estimate of drug-likeness (QED) is 0.877. The van der Waals surface area contributed by atoms with Crippen molar-refractivity contribution in [3.63, 3.8) is 0 Å². The second-order valence-corrected chi connectivity index (χ2v) is 7.55. The first-order valence-corrected chi connectivity index (χ1v) is 8.10. The fraction of sp³-hybridized carbons (Fsp3) is 0.583. The largest absolute Gasteiger partial charge is 0.375 e. The Kier molecular flexibility index (Phi) is 4.24. The molecule has 2 heterocycles. The van der Waals surface area contributed by atoms with Gasteiger partial charge in [-0.15, -0.1) is 0 Å². The third-order valence-electron chi connectivity index (χ3n) is 3.16. The van der Waals surface area contributed by atoms with Gasteiger partial charge in [0.2, 0.25) is 10.0 Å². The van der Waals surface area contributed by atoms with Crippen LogP contribution in [0.1, 0.15) is 26.7 Å². The van der Waals surface area contributed by atoms with Gasteiger partial charge in [0.05, 0.1) is 10.5 Å². The van der Waals surface area contributed by atoms with Gasteiger partial charge in [-0.05, 0) is 32.8 Å². The lowest BCUT2D eigenvalue weighted by molar-refractivity contribution is -0.0599. The summed E-state index contributed by atoms with van der Waals surface area (Å²) in [5.74, 6) is 0. The second-order valence-electron chi connectivity index (χ2n) is 5.43. The third-order valence-corrected chi connectivity index (χ3v) is 4.94. The van der Waals surface area contributed by atoms with Crippen LogP contribution in [-0.2, 0) is 14.8 Å². The average Bonchev–Trinajstić information content (AvgIpc) is 2.30. The van der Waals surface area contributed by atoms with Crippen LogP contribution in [0.25, 0.3) is 0 Å². The van der Waals surface area contributed by atoms with E-state index >= 15 is 0 Å². The molecule has 0 amide bonds. The monoisotopic (exact) mass is 320 g/mol. The minimum atomic E-state index is -3.71. The zero-order valence-corrected chi connectivity index (χ0v) is 12.8. The van der Waals surface area contributed by atoms with Gasteiger partial charge < -0.3 is 9.72 Å². The van der Waals surface area contributed by atoms with Crippen molar-refractivity contribution in [2.45, 2.75) is 43.2 Å². The summed E-state index contributed by atoms with van der Waals surface area (Å²) < 4.78 is 32.7. The van der Waals surface area contributed by atoms with Gasteiger partial charge in [0, 0.05) is 18.8 Å². The van der Waals surface area contributed by atoms with E-state index in [1.54, 1.807) is 0 Å². The highest BCUT2D eigenvalue weighted by Crippen LogP contribution is 2.25. The first-order valence-electron chi connectivity index (χ1n) is 6.24. The normalized spacial score (nSPS) is 22.6. The number of aromatic amines is 1. The van der Waals surface area contributed by atoms with Crippen molar-refractivity contribution in [1.29, 1.82) is 0 Å². The molecule has 2 N–H and O–H groups in total. The summed E-state index contributed by atoms with van der Waals surface area (Å²) in [6, 6.07) is 0.946. The Morgan fingerprint density at radius 1 is 1.50 bits per heavy atom. The molecule has 0 aromatic carbocycles. The van der Waals surface area contributed by atoms with Gasteiger partial charge in [-0.2, -0.15) is 0 Å². The molecular formula is C12H17ClN2O4S. The standard InChI is InChI=1S/C12H17ClN2O4S/c1-12(2)6-8(3-4-19-12)15-20(17,18)9-5-10(13)11(16)14-7-9/h5,7-8,15H,3-4,6H2,1-2H3,(H,14,16). The molecule has 1 aromatic rings. The Morgan fingerprint density at radius 2 is 2.20 bits per heavy atom. The van der Waals surface area contributed by atoms with Crippen LogP contribution < -0.4 is 10.3 Å². The molecule has 20 heavy (non-hydrogen) atoms. The average molecular weight is 321 g/mol. The van der Waals surface area contributed by atoms with E-state index in [9.17, 15) is 13.2 Å². The molecule has 1 aromatic heterocycles. The molecule has 112 valence electrons. The molecule has 1 aliphatic heterocycles. The summed E-state index contributed by atoms with van der Waals surface area (Å²) in [4.78, 5) is 13.4. The Balaban J connectivity index is 2.18. The fourth-order valence-electron chi connectivity index (χ4n) is 2.21. The van der Waals surface area contributed by atoms with Gasteiger partial charge in [0.15, 0.2) is 0 Å². The van der Waals surface area contributed by atoms with Crippen molar-refractivity contribution in [2.75, 3.05) is 6.61 Å². The molecule has 1 unspecified atom stereocenters. The zero-order valence-electron chi connectivity index (χ0n) is 11.3. The van der Waals surface area contributed by atoms with Gasteiger partial charge in [-0.25, -0.2) is 13.1 Å². The van der Waals surface area contributed by atoms with E-state index in [1.165, 1.54) is 0 Å². The molecule has 6 nitrogen and oxygen atoms in total. The number of ether oxygens (including phenoxy) is 1. The summed E-state index contributed by atoms with van der Waals surface area (Å²) in [5, 5.41) is -0.153. The number of halogens is 1. The number of sulfonamides is 1. The van der Waals surface area contributed by atoms with Crippen LogP contribution in [0.3, 0.4) is 0 Å². The van der Waals surface area contributed by atoms with Gasteiger partial charge in [0.25, 0.3) is 5.56 Å². The van der Waals surface area contributed by atoms with Gasteiger partial charge in [-0.3, -0.25) is 4.79 Å². The molecule has 0 radical (unpaired) electrons. The van der Waals surface area contributed by atoms with E-state index in [0.717, 1.165) is 12.3 Å². The van der Waals surface area contributed by atoms with E-state index in [2.05, 4.69) is 9.71 Å². The van der Waals surface area contributed by atoms with Crippen molar-refractivity contribution in [2.24, 2.45) is 0 Å². The number of H-pyrrole nitrogens is 1. The number of aromatic nitrogens is 1. The molecule has 1 saturated heterocycles. The predicted molar refractivity (Wildman–Crippen MR) is 75.4 cm³/mol. The highest BCUT2D eigenvalue weighted by atomic mass is 35.5. The van der Waals surface area contributed by atoms with Crippen LogP contribution in [-0.4, -0.2) is 31.7 Å². The Hall–Kier alpha value is -0.890. The molecule has 2 rings (SSSR count). The van der Waals surface area contributed by atoms with Crippen LogP contribution >= 0.6 is 11.6 Å². The van der Waals surface area contributed by atoms with E-state index < -0.39 is 15.6 Å². The highest BCUT2D eigenvalue weighted by molar-refractivity contribution is 7.89. The number of hydrogen-bond acceptors (Lipinski definition) is 4. The van der Waals surface area contributed by atoms with Gasteiger partial charge in [-0.1, -0.05) is 11.6 Å². The maximum absolute atomic E-state index is 12.2. The maximum atomic E-state index is 12.2. The fourth-order valence-corrected chi connectivity index (χ4v) is 3.71. The molecule has 1 fully saturated rings. The van der Waals surface area contributed by atoms with Crippen LogP contribution in [0, 0.1) is 0 Å². The van der Waals surface area contributed by atoms with Crippen molar-refractivity contribution in [3.8, 4) is 0 Å². The number of hydrogen-bond donors (Lipinski definition) is 2. The third kappa shape index (κ3) is 3.60. The molecule has 8 heteroatoms. The molecule has 0 saturated carbocycles. The predicted octanol–water partition coefficient (Wildman–Crippen LogP) is 1.26. The zero-order chi connectivity index (χ0) is 15.0. The molecule has 0 bridgehead atoms. The Labute approximate surface area is 122 Å². The smallest absolute Gasteiger partial charge is 0.266 e. The lowest BCUT2D eigenvalue weighted by Gasteiger charge is -2.35. The van der Waals surface area contributed by atoms with Crippen LogP contribution in [0.4, 0.5) is 0 Å². The molecule has 1 atom stereocenters. The van der Waals surface area contributed by atoms with E-state index in [4.69, 9.17) is 16.3 Å². The van der Waals surface area contributed by atoms with E-state index in [1.807, 2.05) is 13.8 Å². The maximum Gasteiger partial charge on any atom is 0.266 e. The summed E-state index contributed by atoms with van der Waals surface area (Å²) in [6.07, 6.45) is 2.34. The second kappa shape index (κ2) is 5.48. The number of pyridine rings is 1. The first kappa shape index (κ1) is 15.5. The van der Waals surface area contributed by atoms with Crippen molar-refractivity contribution in [3.05, 3.63) is 27.6 Å². The molecule has 0 aliphatic carbocycles. The summed E-state index contributed by atoms with van der Waals surface area (Å²) >= 11 is 5.65.